The molecule has 8 heteroatoms. The average molecular weight is 491 g/mol. The van der Waals surface area contributed by atoms with Gasteiger partial charge in [-0.05, 0) is 54.5 Å². The van der Waals surface area contributed by atoms with Gasteiger partial charge in [0.2, 0.25) is 5.91 Å². The van der Waals surface area contributed by atoms with Crippen LogP contribution in [-0.2, 0) is 4.79 Å². The molecular weight excluding hydrogens is 464 g/mol. The molecule has 4 heterocycles. The Morgan fingerprint density at radius 2 is 1.81 bits per heavy atom. The van der Waals surface area contributed by atoms with E-state index in [1.54, 1.807) is 4.57 Å². The quantitative estimate of drug-likeness (QED) is 0.408. The van der Waals surface area contributed by atoms with Gasteiger partial charge in [-0.15, -0.1) is 0 Å². The van der Waals surface area contributed by atoms with E-state index >= 15 is 0 Å². The number of nitrogen functional groups attached to an aromatic ring is 1. The number of nitrogens with two attached hydrogens (primary N) is 1. The van der Waals surface area contributed by atoms with E-state index in [0.29, 0.717) is 11.2 Å². The molecule has 1 aliphatic heterocycles. The Morgan fingerprint density at radius 3 is 2.57 bits per heavy atom. The molecule has 37 heavy (non-hydrogen) atoms. The molecule has 3 aromatic heterocycles. The summed E-state index contributed by atoms with van der Waals surface area (Å²) < 4.78 is 3.80. The number of fused-ring (bicyclic) bond motifs is 2. The maximum Gasteiger partial charge on any atom is 0.262 e. The molecule has 7 rings (SSSR count). The number of aromatic nitrogens is 4. The van der Waals surface area contributed by atoms with Crippen molar-refractivity contribution < 1.29 is 4.79 Å². The molecule has 1 saturated heterocycles. The number of anilines is 1. The Bertz CT molecular complexity index is 1730. The van der Waals surface area contributed by atoms with Crippen LogP contribution in [0.2, 0.25) is 0 Å². The number of hydrogen-bond acceptors (Lipinski definition) is 5. The predicted octanol–water partition coefficient (Wildman–Crippen LogP) is 4.17. The smallest absolute Gasteiger partial charge is 0.262 e. The van der Waals surface area contributed by atoms with E-state index in [-0.39, 0.29) is 23.4 Å². The van der Waals surface area contributed by atoms with Gasteiger partial charge in [-0.2, -0.15) is 0 Å². The van der Waals surface area contributed by atoms with Crippen molar-refractivity contribution in [3.8, 4) is 16.8 Å². The molecule has 1 aliphatic carbocycles. The molecule has 0 unspecified atom stereocenters. The number of likely N-dealkylation sites (tertiary alicyclic amines) is 1. The predicted molar refractivity (Wildman–Crippen MR) is 143 cm³/mol. The number of rotatable bonds is 4. The lowest BCUT2D eigenvalue weighted by molar-refractivity contribution is -0.143. The van der Waals surface area contributed by atoms with Gasteiger partial charge in [0.15, 0.2) is 0 Å². The third kappa shape index (κ3) is 3.43. The number of nitrogens with zero attached hydrogens (tertiary/aromatic N) is 5. The molecule has 0 atom stereocenters. The summed E-state index contributed by atoms with van der Waals surface area (Å²) in [7, 11) is 0. The topological polar surface area (TPSA) is 99.0 Å². The summed E-state index contributed by atoms with van der Waals surface area (Å²) in [6, 6.07) is 17.6. The van der Waals surface area contributed by atoms with Crippen LogP contribution in [0.4, 0.5) is 5.82 Å². The van der Waals surface area contributed by atoms with Gasteiger partial charge in [-0.25, -0.2) is 9.97 Å². The van der Waals surface area contributed by atoms with E-state index in [0.717, 1.165) is 65.6 Å². The van der Waals surface area contributed by atoms with Crippen LogP contribution >= 0.6 is 0 Å². The summed E-state index contributed by atoms with van der Waals surface area (Å²) in [5.41, 5.74) is 9.64. The summed E-state index contributed by atoms with van der Waals surface area (Å²) in [5, 5.41) is 2.28. The summed E-state index contributed by atoms with van der Waals surface area (Å²) >= 11 is 0. The van der Waals surface area contributed by atoms with Gasteiger partial charge in [-0.3, -0.25) is 14.2 Å². The lowest BCUT2D eigenvalue weighted by Gasteiger charge is -2.41. The minimum atomic E-state index is -0.0788. The number of benzene rings is 2. The van der Waals surface area contributed by atoms with Crippen LogP contribution in [0.25, 0.3) is 38.6 Å². The molecule has 1 saturated carbocycles. The summed E-state index contributed by atoms with van der Waals surface area (Å²) in [6.07, 6.45) is 8.05. The lowest BCUT2D eigenvalue weighted by atomic mass is 9.78. The highest BCUT2D eigenvalue weighted by Crippen LogP contribution is 2.44. The molecule has 2 aliphatic rings. The first-order chi connectivity index (χ1) is 18.1. The van der Waals surface area contributed by atoms with E-state index in [1.807, 2.05) is 65.7 Å². The number of carbonyl (C=O) groups is 1. The van der Waals surface area contributed by atoms with Gasteiger partial charge in [0.05, 0.1) is 5.39 Å². The third-order valence-corrected chi connectivity index (χ3v) is 7.91. The number of para-hydroxylation sites is 1. The summed E-state index contributed by atoms with van der Waals surface area (Å²) in [6.45, 7) is 1.77. The zero-order valence-corrected chi connectivity index (χ0v) is 20.2. The van der Waals surface area contributed by atoms with Crippen molar-refractivity contribution in [3.63, 3.8) is 0 Å². The van der Waals surface area contributed by atoms with Crippen molar-refractivity contribution in [1.82, 2.24) is 24.0 Å². The maximum absolute atomic E-state index is 13.5. The van der Waals surface area contributed by atoms with Crippen LogP contribution in [0.1, 0.15) is 25.3 Å². The number of amides is 1. The second-order valence-corrected chi connectivity index (χ2v) is 10.0. The van der Waals surface area contributed by atoms with Gasteiger partial charge in [0.25, 0.3) is 5.56 Å². The van der Waals surface area contributed by atoms with Crippen LogP contribution in [-0.4, -0.2) is 43.0 Å². The normalized spacial score (nSPS) is 19.1. The second-order valence-electron chi connectivity index (χ2n) is 10.0. The van der Waals surface area contributed by atoms with E-state index in [4.69, 9.17) is 5.73 Å². The molecule has 184 valence electrons. The molecule has 2 aromatic carbocycles. The zero-order valence-electron chi connectivity index (χ0n) is 20.2. The van der Waals surface area contributed by atoms with Crippen molar-refractivity contribution in [2.45, 2.75) is 25.3 Å². The molecule has 0 bridgehead atoms. The molecule has 2 N–H and O–H groups in total. The van der Waals surface area contributed by atoms with E-state index in [9.17, 15) is 9.59 Å². The van der Waals surface area contributed by atoms with Crippen LogP contribution in [0, 0.1) is 5.92 Å². The minimum Gasteiger partial charge on any atom is -0.383 e. The van der Waals surface area contributed by atoms with Crippen LogP contribution in [0.5, 0.6) is 0 Å². The molecule has 2 fully saturated rings. The fraction of sp³-hybridized carbons (Fsp3) is 0.241. The van der Waals surface area contributed by atoms with Crippen LogP contribution in [0.3, 0.4) is 0 Å². The SMILES string of the molecule is Nc1ncnc2c1c(-c1ccc3ccn(-c4ccccc4)c(=O)c3c1)cn2C1CC(C(=O)N2CCC2)C1. The van der Waals surface area contributed by atoms with Crippen molar-refractivity contribution >= 4 is 33.5 Å². The van der Waals surface area contributed by atoms with Gasteiger partial charge in [0.1, 0.15) is 17.8 Å². The first-order valence-electron chi connectivity index (χ1n) is 12.7. The average Bonchev–Trinajstić information content (AvgIpc) is 3.23. The Hall–Kier alpha value is -4.46. The highest BCUT2D eigenvalue weighted by atomic mass is 16.2. The lowest BCUT2D eigenvalue weighted by Crippen LogP contribution is -2.48. The zero-order chi connectivity index (χ0) is 25.1. The van der Waals surface area contributed by atoms with Gasteiger partial charge in [-0.1, -0.05) is 30.3 Å². The molecule has 1 amide bonds. The molecule has 5 aromatic rings. The first kappa shape index (κ1) is 21.8. The Morgan fingerprint density at radius 1 is 1.00 bits per heavy atom. The Balaban J connectivity index is 1.30. The first-order valence-corrected chi connectivity index (χ1v) is 12.7. The highest BCUT2D eigenvalue weighted by Gasteiger charge is 2.40. The molecular formula is C29H26N6O2. The van der Waals surface area contributed by atoms with Gasteiger partial charge >= 0.3 is 0 Å². The number of carbonyl (C=O) groups excluding carboxylic acids is 1. The fourth-order valence-corrected chi connectivity index (χ4v) is 5.62. The van der Waals surface area contributed by atoms with E-state index in [1.165, 1.54) is 6.33 Å². The van der Waals surface area contributed by atoms with Crippen molar-refractivity contribution in [2.24, 2.45) is 5.92 Å². The summed E-state index contributed by atoms with van der Waals surface area (Å²) in [5.74, 6) is 0.751. The Labute approximate surface area is 213 Å². The van der Waals surface area contributed by atoms with Gasteiger partial charge < -0.3 is 15.2 Å². The van der Waals surface area contributed by atoms with Gasteiger partial charge in [0, 0.05) is 54.1 Å². The molecule has 8 nitrogen and oxygen atoms in total. The highest BCUT2D eigenvalue weighted by molar-refractivity contribution is 6.02. The van der Waals surface area contributed by atoms with Crippen LogP contribution in [0.15, 0.2) is 78.1 Å². The van der Waals surface area contributed by atoms with E-state index in [2.05, 4.69) is 20.7 Å². The minimum absolute atomic E-state index is 0.0718. The fourth-order valence-electron chi connectivity index (χ4n) is 5.62. The van der Waals surface area contributed by atoms with Crippen molar-refractivity contribution in [3.05, 3.63) is 83.7 Å². The monoisotopic (exact) mass is 490 g/mol. The van der Waals surface area contributed by atoms with Crippen LogP contribution < -0.4 is 11.3 Å². The van der Waals surface area contributed by atoms with Crippen molar-refractivity contribution in [1.29, 1.82) is 0 Å². The Kier molecular flexibility index (Phi) is 4.89. The van der Waals surface area contributed by atoms with E-state index < -0.39 is 0 Å². The molecule has 0 radical (unpaired) electrons. The summed E-state index contributed by atoms with van der Waals surface area (Å²) in [4.78, 5) is 36.9. The number of hydrogen-bond donors (Lipinski definition) is 1. The molecule has 0 spiro atoms. The number of pyridine rings is 1. The largest absolute Gasteiger partial charge is 0.383 e. The maximum atomic E-state index is 13.5. The standard InChI is InChI=1S/C29H26N6O2/c30-26-25-24(16-35(27(25)32-17-31-26)22-13-20(14-22)28(36)33-10-4-11-33)19-8-7-18-9-12-34(29(37)23(18)15-19)21-5-2-1-3-6-21/h1-3,5-9,12,15-17,20,22H,4,10-11,13-14H2,(H2,30,31,32). The van der Waals surface area contributed by atoms with Crippen molar-refractivity contribution in [2.75, 3.05) is 18.8 Å². The second kappa shape index (κ2) is 8.30. The third-order valence-electron chi connectivity index (χ3n) is 7.91.